The standard InChI is InChI=1S/C12H15N3O6/c1-7-2-3-8(6-10(7)15(20)21)13-12(19)14-9(4-5-16)11(17)18/h2-3,6,9,16H,4-5H2,1H3,(H,17,18)(H2,13,14,19)/t9-/m1/s1. The van der Waals surface area contributed by atoms with Crippen LogP contribution in [0.2, 0.25) is 0 Å². The Morgan fingerprint density at radius 2 is 2.10 bits per heavy atom. The number of amides is 2. The number of aryl methyl sites for hydroxylation is 1. The summed E-state index contributed by atoms with van der Waals surface area (Å²) in [5.41, 5.74) is 0.450. The van der Waals surface area contributed by atoms with Crippen LogP contribution in [0, 0.1) is 17.0 Å². The van der Waals surface area contributed by atoms with Crippen LogP contribution in [0.4, 0.5) is 16.2 Å². The van der Waals surface area contributed by atoms with Gasteiger partial charge in [-0.2, -0.15) is 0 Å². The fraction of sp³-hybridized carbons (Fsp3) is 0.333. The zero-order valence-corrected chi connectivity index (χ0v) is 11.2. The Labute approximate surface area is 119 Å². The number of carboxylic acids is 1. The number of carboxylic acid groups (broad SMARTS) is 1. The lowest BCUT2D eigenvalue weighted by atomic mass is 10.2. The number of rotatable bonds is 6. The first kappa shape index (κ1) is 16.4. The van der Waals surface area contributed by atoms with E-state index < -0.39 is 29.6 Å². The van der Waals surface area contributed by atoms with Crippen LogP contribution in [0.15, 0.2) is 18.2 Å². The number of nitro groups is 1. The van der Waals surface area contributed by atoms with Crippen LogP contribution in [-0.4, -0.2) is 39.8 Å². The second-order valence-corrected chi connectivity index (χ2v) is 4.26. The molecule has 9 nitrogen and oxygen atoms in total. The molecule has 0 unspecified atom stereocenters. The van der Waals surface area contributed by atoms with E-state index in [1.807, 2.05) is 0 Å². The minimum atomic E-state index is -1.28. The summed E-state index contributed by atoms with van der Waals surface area (Å²) in [6.07, 6.45) is -0.142. The molecule has 0 aliphatic carbocycles. The molecule has 1 rings (SSSR count). The van der Waals surface area contributed by atoms with Gasteiger partial charge >= 0.3 is 12.0 Å². The summed E-state index contributed by atoms with van der Waals surface area (Å²) in [5.74, 6) is -1.28. The molecule has 0 heterocycles. The molecular formula is C12H15N3O6. The smallest absolute Gasteiger partial charge is 0.326 e. The van der Waals surface area contributed by atoms with Crippen molar-refractivity contribution in [3.8, 4) is 0 Å². The first-order valence-corrected chi connectivity index (χ1v) is 6.01. The molecule has 0 aliphatic rings. The average molecular weight is 297 g/mol. The van der Waals surface area contributed by atoms with Gasteiger partial charge in [-0.05, 0) is 13.0 Å². The second-order valence-electron chi connectivity index (χ2n) is 4.26. The molecule has 0 bridgehead atoms. The van der Waals surface area contributed by atoms with Gasteiger partial charge in [0.15, 0.2) is 0 Å². The summed E-state index contributed by atoms with van der Waals surface area (Å²) in [5, 5.41) is 32.8. The molecule has 0 radical (unpaired) electrons. The van der Waals surface area contributed by atoms with Crippen molar-refractivity contribution in [1.29, 1.82) is 0 Å². The highest BCUT2D eigenvalue weighted by Crippen LogP contribution is 2.22. The summed E-state index contributed by atoms with van der Waals surface area (Å²) in [6.45, 7) is 1.16. The number of hydrogen-bond donors (Lipinski definition) is 4. The number of nitro benzene ring substituents is 1. The van der Waals surface area contributed by atoms with Gasteiger partial charge in [0.25, 0.3) is 5.69 Å². The third kappa shape index (κ3) is 4.73. The highest BCUT2D eigenvalue weighted by Gasteiger charge is 2.19. The van der Waals surface area contributed by atoms with E-state index in [0.717, 1.165) is 0 Å². The van der Waals surface area contributed by atoms with Crippen molar-refractivity contribution in [3.63, 3.8) is 0 Å². The second kappa shape index (κ2) is 7.20. The van der Waals surface area contributed by atoms with E-state index in [0.29, 0.717) is 5.56 Å². The first-order chi connectivity index (χ1) is 9.85. The SMILES string of the molecule is Cc1ccc(NC(=O)N[C@H](CCO)C(=O)O)cc1[N+](=O)[O-]. The number of aliphatic hydroxyl groups excluding tert-OH is 1. The third-order valence-corrected chi connectivity index (χ3v) is 2.68. The minimum Gasteiger partial charge on any atom is -0.480 e. The van der Waals surface area contributed by atoms with E-state index in [9.17, 15) is 19.7 Å². The van der Waals surface area contributed by atoms with Crippen molar-refractivity contribution in [3.05, 3.63) is 33.9 Å². The molecule has 1 atom stereocenters. The van der Waals surface area contributed by atoms with Gasteiger partial charge in [0, 0.05) is 30.3 Å². The molecule has 21 heavy (non-hydrogen) atoms. The average Bonchev–Trinajstić information content (AvgIpc) is 2.40. The normalized spacial score (nSPS) is 11.5. The lowest BCUT2D eigenvalue weighted by Gasteiger charge is -2.14. The summed E-state index contributed by atoms with van der Waals surface area (Å²) >= 11 is 0. The quantitative estimate of drug-likeness (QED) is 0.453. The molecular weight excluding hydrogens is 282 g/mol. The Hall–Kier alpha value is -2.68. The molecule has 0 aliphatic heterocycles. The van der Waals surface area contributed by atoms with Gasteiger partial charge in [-0.25, -0.2) is 9.59 Å². The highest BCUT2D eigenvalue weighted by atomic mass is 16.6. The molecule has 2 amide bonds. The number of benzene rings is 1. The molecule has 4 N–H and O–H groups in total. The topological polar surface area (TPSA) is 142 Å². The fourth-order valence-corrected chi connectivity index (χ4v) is 1.60. The lowest BCUT2D eigenvalue weighted by Crippen LogP contribution is -2.43. The van der Waals surface area contributed by atoms with Crippen molar-refractivity contribution in [2.45, 2.75) is 19.4 Å². The fourth-order valence-electron chi connectivity index (χ4n) is 1.60. The Balaban J connectivity index is 2.77. The van der Waals surface area contributed by atoms with Crippen molar-refractivity contribution < 1.29 is 24.7 Å². The van der Waals surface area contributed by atoms with Gasteiger partial charge in [-0.15, -0.1) is 0 Å². The first-order valence-electron chi connectivity index (χ1n) is 6.01. The molecule has 0 saturated heterocycles. The van der Waals surface area contributed by atoms with E-state index in [1.54, 1.807) is 6.92 Å². The zero-order chi connectivity index (χ0) is 16.0. The number of urea groups is 1. The number of carbonyl (C=O) groups is 2. The van der Waals surface area contributed by atoms with Crippen LogP contribution in [0.3, 0.4) is 0 Å². The Morgan fingerprint density at radius 1 is 1.43 bits per heavy atom. The number of nitrogens with one attached hydrogen (secondary N) is 2. The van der Waals surface area contributed by atoms with Crippen LogP contribution in [0.5, 0.6) is 0 Å². The predicted octanol–water partition coefficient (Wildman–Crippen LogP) is 0.860. The molecule has 0 aromatic heterocycles. The summed E-state index contributed by atoms with van der Waals surface area (Å²) in [6, 6.07) is 2.04. The molecule has 1 aromatic carbocycles. The van der Waals surface area contributed by atoms with Crippen molar-refractivity contribution in [2.75, 3.05) is 11.9 Å². The number of aliphatic hydroxyl groups is 1. The largest absolute Gasteiger partial charge is 0.480 e. The number of hydrogen-bond acceptors (Lipinski definition) is 5. The molecule has 9 heteroatoms. The van der Waals surface area contributed by atoms with Gasteiger partial charge in [0.1, 0.15) is 6.04 Å². The van der Waals surface area contributed by atoms with E-state index in [2.05, 4.69) is 10.6 Å². The van der Waals surface area contributed by atoms with Gasteiger partial charge in [-0.1, -0.05) is 6.07 Å². The van der Waals surface area contributed by atoms with Gasteiger partial charge in [-0.3, -0.25) is 10.1 Å². The van der Waals surface area contributed by atoms with Gasteiger partial charge < -0.3 is 20.8 Å². The minimum absolute atomic E-state index is 0.142. The van der Waals surface area contributed by atoms with Gasteiger partial charge in [0.2, 0.25) is 0 Å². The maximum Gasteiger partial charge on any atom is 0.326 e. The van der Waals surface area contributed by atoms with Crippen LogP contribution < -0.4 is 10.6 Å². The third-order valence-electron chi connectivity index (χ3n) is 2.68. The molecule has 0 spiro atoms. The van der Waals surface area contributed by atoms with E-state index in [4.69, 9.17) is 10.2 Å². The maximum atomic E-state index is 11.6. The van der Waals surface area contributed by atoms with E-state index in [-0.39, 0.29) is 17.8 Å². The van der Waals surface area contributed by atoms with Crippen molar-refractivity contribution in [2.24, 2.45) is 0 Å². The lowest BCUT2D eigenvalue weighted by molar-refractivity contribution is -0.385. The number of aliphatic carboxylic acids is 1. The van der Waals surface area contributed by atoms with Crippen molar-refractivity contribution in [1.82, 2.24) is 5.32 Å². The molecule has 0 fully saturated rings. The summed E-state index contributed by atoms with van der Waals surface area (Å²) in [4.78, 5) is 32.7. The molecule has 0 saturated carbocycles. The summed E-state index contributed by atoms with van der Waals surface area (Å²) < 4.78 is 0. The molecule has 114 valence electrons. The molecule has 1 aromatic rings. The number of carbonyl (C=O) groups excluding carboxylic acids is 1. The Kier molecular flexibility index (Phi) is 5.61. The Bertz CT molecular complexity index is 560. The summed E-state index contributed by atoms with van der Waals surface area (Å²) in [7, 11) is 0. The monoisotopic (exact) mass is 297 g/mol. The number of nitrogens with zero attached hydrogens (tertiary/aromatic N) is 1. The Morgan fingerprint density at radius 3 is 2.62 bits per heavy atom. The van der Waals surface area contributed by atoms with E-state index in [1.165, 1.54) is 18.2 Å². The van der Waals surface area contributed by atoms with E-state index >= 15 is 0 Å². The number of anilines is 1. The zero-order valence-electron chi connectivity index (χ0n) is 11.2. The van der Waals surface area contributed by atoms with Crippen molar-refractivity contribution >= 4 is 23.4 Å². The van der Waals surface area contributed by atoms with Gasteiger partial charge in [0.05, 0.1) is 4.92 Å². The van der Waals surface area contributed by atoms with Crippen LogP contribution in [0.25, 0.3) is 0 Å². The highest BCUT2D eigenvalue weighted by molar-refractivity contribution is 5.92. The predicted molar refractivity (Wildman–Crippen MR) is 73.1 cm³/mol. The van der Waals surface area contributed by atoms with Crippen LogP contribution in [0.1, 0.15) is 12.0 Å². The maximum absolute atomic E-state index is 11.6. The van der Waals surface area contributed by atoms with Crippen LogP contribution >= 0.6 is 0 Å². The van der Waals surface area contributed by atoms with Crippen LogP contribution in [-0.2, 0) is 4.79 Å².